The highest BCUT2D eigenvalue weighted by molar-refractivity contribution is 5.97. The molecule has 1 atom stereocenters. The Morgan fingerprint density at radius 2 is 1.95 bits per heavy atom. The highest BCUT2D eigenvalue weighted by atomic mass is 16.4. The van der Waals surface area contributed by atoms with Gasteiger partial charge in [-0.1, -0.05) is 0 Å². The molecule has 2 N–H and O–H groups in total. The molecule has 7 nitrogen and oxygen atoms in total. The Bertz CT molecular complexity index is 704. The maximum atomic E-state index is 12.1. The highest BCUT2D eigenvalue weighted by Crippen LogP contribution is 2.32. The summed E-state index contributed by atoms with van der Waals surface area (Å²) in [6, 6.07) is 5.78. The molecule has 1 saturated carbocycles. The van der Waals surface area contributed by atoms with E-state index in [1.165, 1.54) is 0 Å². The van der Waals surface area contributed by atoms with Crippen LogP contribution in [0.4, 0.5) is 0 Å². The topological polar surface area (TPSA) is 105 Å². The van der Waals surface area contributed by atoms with Crippen molar-refractivity contribution < 1.29 is 19.1 Å². The van der Waals surface area contributed by atoms with E-state index in [1.807, 2.05) is 0 Å². The number of carboxylic acids is 1. The summed E-state index contributed by atoms with van der Waals surface area (Å²) in [7, 11) is 0. The molecule has 1 aromatic heterocycles. The van der Waals surface area contributed by atoms with Gasteiger partial charge in [0, 0.05) is 18.1 Å². The highest BCUT2D eigenvalue weighted by Gasteiger charge is 2.37. The van der Waals surface area contributed by atoms with Crippen molar-refractivity contribution in [1.29, 1.82) is 0 Å². The lowest BCUT2D eigenvalue weighted by molar-refractivity contribution is -0.139. The first kappa shape index (κ1) is 14.2. The predicted octanol–water partition coefficient (Wildman–Crippen LogP) is 1.64. The number of benzene rings is 1. The van der Waals surface area contributed by atoms with Crippen molar-refractivity contribution in [3.05, 3.63) is 35.7 Å². The molecule has 22 heavy (non-hydrogen) atoms. The monoisotopic (exact) mass is 301 g/mol. The molecule has 1 aliphatic carbocycles. The van der Waals surface area contributed by atoms with Gasteiger partial charge in [0.15, 0.2) is 0 Å². The fraction of sp³-hybridized carbons (Fsp3) is 0.333. The maximum absolute atomic E-state index is 12.1. The van der Waals surface area contributed by atoms with Crippen LogP contribution in [-0.2, 0) is 4.79 Å². The summed E-state index contributed by atoms with van der Waals surface area (Å²) in [6.45, 7) is 1.70. The number of aliphatic carboxylic acids is 1. The molecule has 114 valence electrons. The SMILES string of the molecule is Cc1nnc(-c2ccc(C(=O)NC(C(=O)O)C3CC3)cc2)o1. The summed E-state index contributed by atoms with van der Waals surface area (Å²) in [5.74, 6) is -0.500. The zero-order valence-electron chi connectivity index (χ0n) is 11.9. The van der Waals surface area contributed by atoms with Gasteiger partial charge in [-0.3, -0.25) is 4.79 Å². The first-order valence-corrected chi connectivity index (χ1v) is 6.99. The van der Waals surface area contributed by atoms with Gasteiger partial charge in [-0.05, 0) is 43.0 Å². The standard InChI is InChI=1S/C15H15N3O4/c1-8-17-18-14(22-8)11-6-4-10(5-7-11)13(19)16-12(15(20)21)9-2-3-9/h4-7,9,12H,2-3H2,1H3,(H,16,19)(H,20,21). The molecule has 1 heterocycles. The van der Waals surface area contributed by atoms with E-state index in [2.05, 4.69) is 15.5 Å². The third kappa shape index (κ3) is 2.98. The van der Waals surface area contributed by atoms with Gasteiger partial charge in [0.1, 0.15) is 6.04 Å². The van der Waals surface area contributed by atoms with E-state index in [1.54, 1.807) is 31.2 Å². The van der Waals surface area contributed by atoms with Crippen LogP contribution < -0.4 is 5.32 Å². The summed E-state index contributed by atoms with van der Waals surface area (Å²) in [4.78, 5) is 23.3. The summed E-state index contributed by atoms with van der Waals surface area (Å²) < 4.78 is 5.31. The molecule has 1 amide bonds. The van der Waals surface area contributed by atoms with E-state index in [4.69, 9.17) is 9.52 Å². The molecule has 1 aliphatic rings. The second-order valence-corrected chi connectivity index (χ2v) is 5.33. The molecule has 0 bridgehead atoms. The Morgan fingerprint density at radius 1 is 1.27 bits per heavy atom. The van der Waals surface area contributed by atoms with E-state index in [9.17, 15) is 9.59 Å². The average molecular weight is 301 g/mol. The lowest BCUT2D eigenvalue weighted by Gasteiger charge is -2.13. The fourth-order valence-electron chi connectivity index (χ4n) is 2.21. The van der Waals surface area contributed by atoms with Crippen LogP contribution in [0.3, 0.4) is 0 Å². The molecule has 1 unspecified atom stereocenters. The molecule has 0 radical (unpaired) electrons. The van der Waals surface area contributed by atoms with Crippen LogP contribution in [0, 0.1) is 12.8 Å². The molecular formula is C15H15N3O4. The summed E-state index contributed by atoms with van der Waals surface area (Å²) in [5.41, 5.74) is 1.10. The number of hydrogen-bond donors (Lipinski definition) is 2. The number of carbonyl (C=O) groups excluding carboxylic acids is 1. The van der Waals surface area contributed by atoms with Crippen LogP contribution in [0.15, 0.2) is 28.7 Å². The van der Waals surface area contributed by atoms with Crippen LogP contribution in [0.1, 0.15) is 29.1 Å². The van der Waals surface area contributed by atoms with Crippen molar-refractivity contribution in [3.8, 4) is 11.5 Å². The molecule has 0 saturated heterocycles. The van der Waals surface area contributed by atoms with Gasteiger partial charge < -0.3 is 14.8 Å². The zero-order chi connectivity index (χ0) is 15.7. The van der Waals surface area contributed by atoms with Crippen molar-refractivity contribution in [3.63, 3.8) is 0 Å². The fourth-order valence-corrected chi connectivity index (χ4v) is 2.21. The average Bonchev–Trinajstić information content (AvgIpc) is 3.25. The Morgan fingerprint density at radius 3 is 2.45 bits per heavy atom. The van der Waals surface area contributed by atoms with Crippen LogP contribution >= 0.6 is 0 Å². The van der Waals surface area contributed by atoms with Gasteiger partial charge in [-0.25, -0.2) is 4.79 Å². The number of nitrogens with zero attached hydrogens (tertiary/aromatic N) is 2. The van der Waals surface area contributed by atoms with Crippen molar-refractivity contribution in [1.82, 2.24) is 15.5 Å². The maximum Gasteiger partial charge on any atom is 0.326 e. The van der Waals surface area contributed by atoms with Crippen molar-refractivity contribution in [2.24, 2.45) is 5.92 Å². The Kier molecular flexibility index (Phi) is 3.62. The summed E-state index contributed by atoms with van der Waals surface area (Å²) in [6.07, 6.45) is 1.68. The molecule has 1 aromatic carbocycles. The van der Waals surface area contributed by atoms with E-state index >= 15 is 0 Å². The van der Waals surface area contributed by atoms with Gasteiger partial charge in [-0.2, -0.15) is 0 Å². The minimum atomic E-state index is -0.992. The second-order valence-electron chi connectivity index (χ2n) is 5.33. The first-order valence-electron chi connectivity index (χ1n) is 6.99. The molecule has 3 rings (SSSR count). The Hall–Kier alpha value is -2.70. The second kappa shape index (κ2) is 5.59. The largest absolute Gasteiger partial charge is 0.480 e. The number of carbonyl (C=O) groups is 2. The van der Waals surface area contributed by atoms with Gasteiger partial charge in [-0.15, -0.1) is 10.2 Å². The van der Waals surface area contributed by atoms with Gasteiger partial charge >= 0.3 is 5.97 Å². The smallest absolute Gasteiger partial charge is 0.326 e. The molecule has 0 aliphatic heterocycles. The normalized spacial score (nSPS) is 15.3. The third-order valence-corrected chi connectivity index (χ3v) is 3.57. The number of amides is 1. The predicted molar refractivity (Wildman–Crippen MR) is 76.1 cm³/mol. The van der Waals surface area contributed by atoms with Crippen molar-refractivity contribution >= 4 is 11.9 Å². The minimum Gasteiger partial charge on any atom is -0.480 e. The van der Waals surface area contributed by atoms with Crippen LogP contribution in [0.5, 0.6) is 0 Å². The molecular weight excluding hydrogens is 286 g/mol. The molecule has 2 aromatic rings. The number of nitrogens with one attached hydrogen (secondary N) is 1. The van der Waals surface area contributed by atoms with Gasteiger partial charge in [0.05, 0.1) is 0 Å². The molecule has 1 fully saturated rings. The zero-order valence-corrected chi connectivity index (χ0v) is 11.9. The number of aromatic nitrogens is 2. The first-order chi connectivity index (χ1) is 10.5. The lowest BCUT2D eigenvalue weighted by atomic mass is 10.1. The number of carboxylic acid groups (broad SMARTS) is 1. The van der Waals surface area contributed by atoms with E-state index in [-0.39, 0.29) is 5.92 Å². The van der Waals surface area contributed by atoms with Crippen molar-refractivity contribution in [2.45, 2.75) is 25.8 Å². The van der Waals surface area contributed by atoms with Crippen molar-refractivity contribution in [2.75, 3.05) is 0 Å². The van der Waals surface area contributed by atoms with Gasteiger partial charge in [0.2, 0.25) is 11.8 Å². The Labute approximate surface area is 126 Å². The van der Waals surface area contributed by atoms with E-state index < -0.39 is 17.9 Å². The summed E-state index contributed by atoms with van der Waals surface area (Å²) >= 11 is 0. The Balaban J connectivity index is 1.72. The lowest BCUT2D eigenvalue weighted by Crippen LogP contribution is -2.42. The minimum absolute atomic E-state index is 0.0436. The van der Waals surface area contributed by atoms with Gasteiger partial charge in [0.25, 0.3) is 5.91 Å². The molecule has 7 heteroatoms. The summed E-state index contributed by atoms with van der Waals surface area (Å²) in [5, 5.41) is 19.3. The van der Waals surface area contributed by atoms with E-state index in [0.29, 0.717) is 22.9 Å². The van der Waals surface area contributed by atoms with Crippen LogP contribution in [-0.4, -0.2) is 33.2 Å². The van der Waals surface area contributed by atoms with Crippen LogP contribution in [0.25, 0.3) is 11.5 Å². The number of hydrogen-bond acceptors (Lipinski definition) is 5. The number of rotatable bonds is 5. The molecule has 0 spiro atoms. The van der Waals surface area contributed by atoms with Crippen LogP contribution in [0.2, 0.25) is 0 Å². The van der Waals surface area contributed by atoms with E-state index in [0.717, 1.165) is 12.8 Å². The third-order valence-electron chi connectivity index (χ3n) is 3.57. The number of aryl methyl sites for hydroxylation is 1. The quantitative estimate of drug-likeness (QED) is 0.869.